The summed E-state index contributed by atoms with van der Waals surface area (Å²) >= 11 is 0. The molecule has 0 spiro atoms. The Morgan fingerprint density at radius 3 is 2.00 bits per heavy atom. The first-order chi connectivity index (χ1) is 3.18. The second kappa shape index (κ2) is 8.30. The van der Waals surface area contributed by atoms with Crippen molar-refractivity contribution in [3.05, 3.63) is 12.2 Å². The van der Waals surface area contributed by atoms with Crippen LogP contribution in [0, 0.1) is 0 Å². The van der Waals surface area contributed by atoms with Gasteiger partial charge in [-0.25, -0.2) is 4.79 Å². The third kappa shape index (κ3) is 8.30. The van der Waals surface area contributed by atoms with E-state index >= 15 is 0 Å². The molecule has 0 aliphatic heterocycles. The van der Waals surface area contributed by atoms with E-state index in [1.54, 1.807) is 0 Å². The van der Waals surface area contributed by atoms with Crippen LogP contribution in [-0.2, 0) is 9.68 Å². The van der Waals surface area contributed by atoms with Gasteiger partial charge in [0.15, 0.2) is 17.4 Å². The molecule has 1 N–H and O–H groups in total. The van der Waals surface area contributed by atoms with E-state index in [-0.39, 0.29) is 41.8 Å². The Morgan fingerprint density at radius 2 is 2.00 bits per heavy atom. The third-order valence-electron chi connectivity index (χ3n) is 0.431. The normalized spacial score (nSPS) is 6.00. The minimum atomic E-state index is -0.792. The summed E-state index contributed by atoms with van der Waals surface area (Å²) in [5, 5.41) is 7.59. The van der Waals surface area contributed by atoms with Crippen molar-refractivity contribution in [2.45, 2.75) is 6.92 Å². The SMILES string of the molecule is C=C(C)C(=O)OO.[AlH3].[LiH]. The molecule has 0 saturated heterocycles. The summed E-state index contributed by atoms with van der Waals surface area (Å²) in [5.74, 6) is -0.792. The summed E-state index contributed by atoms with van der Waals surface area (Å²) in [4.78, 5) is 13.2. The molecule has 5 heteroatoms. The molecule has 0 radical (unpaired) electrons. The molecule has 0 atom stereocenters. The fourth-order valence-electron chi connectivity index (χ4n) is 0.0779. The molecule has 0 aliphatic rings. The average Bonchev–Trinajstić information content (AvgIpc) is 1.65. The van der Waals surface area contributed by atoms with Gasteiger partial charge in [0.05, 0.1) is 0 Å². The molecule has 0 aliphatic carbocycles. The van der Waals surface area contributed by atoms with Crippen LogP contribution in [0.15, 0.2) is 12.2 Å². The molecule has 0 saturated carbocycles. The van der Waals surface area contributed by atoms with Crippen LogP contribution < -0.4 is 0 Å². The van der Waals surface area contributed by atoms with Gasteiger partial charge in [-0.05, 0) is 6.92 Å². The van der Waals surface area contributed by atoms with Gasteiger partial charge < -0.3 is 0 Å². The second-order valence-corrected chi connectivity index (χ2v) is 1.16. The number of hydrogen-bond acceptors (Lipinski definition) is 3. The first-order valence-corrected chi connectivity index (χ1v) is 1.69. The number of hydrogen-bond donors (Lipinski definition) is 1. The Labute approximate surface area is 76.3 Å². The van der Waals surface area contributed by atoms with E-state index in [1.165, 1.54) is 6.92 Å². The van der Waals surface area contributed by atoms with Gasteiger partial charge in [0, 0.05) is 5.57 Å². The average molecular weight is 140 g/mol. The molecule has 0 aromatic rings. The van der Waals surface area contributed by atoms with Crippen molar-refractivity contribution in [1.82, 2.24) is 0 Å². The van der Waals surface area contributed by atoms with Gasteiger partial charge in [0.2, 0.25) is 0 Å². The fraction of sp³-hybridized carbons (Fsp3) is 0.250. The van der Waals surface area contributed by atoms with Gasteiger partial charge in [-0.15, -0.1) is 0 Å². The molecule has 48 valence electrons. The van der Waals surface area contributed by atoms with Gasteiger partial charge in [-0.1, -0.05) is 6.58 Å². The van der Waals surface area contributed by atoms with E-state index in [9.17, 15) is 4.79 Å². The summed E-state index contributed by atoms with van der Waals surface area (Å²) in [5.41, 5.74) is 0.183. The van der Waals surface area contributed by atoms with Crippen LogP contribution in [0.25, 0.3) is 0 Å². The summed E-state index contributed by atoms with van der Waals surface area (Å²) in [7, 11) is 0. The molecule has 0 aromatic carbocycles. The number of carbonyl (C=O) groups is 1. The van der Waals surface area contributed by atoms with Crippen molar-refractivity contribution in [3.8, 4) is 0 Å². The molecular formula is C4H10AlLiO3. The van der Waals surface area contributed by atoms with E-state index in [0.717, 1.165) is 0 Å². The predicted octanol–water partition coefficient (Wildman–Crippen LogP) is -1.25. The van der Waals surface area contributed by atoms with E-state index in [1.807, 2.05) is 0 Å². The van der Waals surface area contributed by atoms with Crippen LogP contribution in [0.5, 0.6) is 0 Å². The predicted molar refractivity (Wildman–Crippen MR) is 40.6 cm³/mol. The molecule has 0 amide bonds. The number of carbonyl (C=O) groups excluding carboxylic acids is 1. The van der Waals surface area contributed by atoms with Crippen molar-refractivity contribution in [1.29, 1.82) is 0 Å². The Kier molecular flexibility index (Phi) is 14.9. The van der Waals surface area contributed by atoms with E-state index in [4.69, 9.17) is 5.26 Å². The van der Waals surface area contributed by atoms with Gasteiger partial charge >= 0.3 is 24.8 Å². The Hall–Kier alpha value is 0.300. The third-order valence-corrected chi connectivity index (χ3v) is 0.431. The zero-order valence-electron chi connectivity index (χ0n) is 3.97. The monoisotopic (exact) mass is 140 g/mol. The molecule has 0 unspecified atom stereocenters. The van der Waals surface area contributed by atoms with E-state index in [0.29, 0.717) is 0 Å². The molecule has 0 heterocycles. The molecular weight excluding hydrogens is 130 g/mol. The van der Waals surface area contributed by atoms with Gasteiger partial charge in [-0.2, -0.15) is 5.26 Å². The standard InChI is InChI=1S/C4H6O3.Al.Li.4H/c1-3(2)4(5)7-6;;;;;;/h6H,1H2,2H3;;;;;;. The summed E-state index contributed by atoms with van der Waals surface area (Å²) < 4.78 is 0. The molecule has 0 aromatic heterocycles. The van der Waals surface area contributed by atoms with Gasteiger partial charge in [0.1, 0.15) is 0 Å². The molecule has 9 heavy (non-hydrogen) atoms. The Bertz CT molecular complexity index is 104. The zero-order chi connectivity index (χ0) is 5.86. The van der Waals surface area contributed by atoms with Crippen LogP contribution in [0.1, 0.15) is 6.92 Å². The van der Waals surface area contributed by atoms with Crippen LogP contribution in [0.2, 0.25) is 0 Å². The van der Waals surface area contributed by atoms with Crippen molar-refractivity contribution in [2.75, 3.05) is 0 Å². The van der Waals surface area contributed by atoms with E-state index in [2.05, 4.69) is 11.5 Å². The van der Waals surface area contributed by atoms with Crippen molar-refractivity contribution >= 4 is 42.2 Å². The van der Waals surface area contributed by atoms with Crippen molar-refractivity contribution < 1.29 is 14.9 Å². The summed E-state index contributed by atoms with van der Waals surface area (Å²) in [6.45, 7) is 4.63. The summed E-state index contributed by atoms with van der Waals surface area (Å²) in [6.07, 6.45) is 0. The van der Waals surface area contributed by atoms with Crippen LogP contribution >= 0.6 is 0 Å². The molecule has 3 nitrogen and oxygen atoms in total. The van der Waals surface area contributed by atoms with Gasteiger partial charge in [-0.3, -0.25) is 4.89 Å². The first kappa shape index (κ1) is 16.1. The van der Waals surface area contributed by atoms with Crippen molar-refractivity contribution in [3.63, 3.8) is 0 Å². The van der Waals surface area contributed by atoms with Crippen LogP contribution in [0.4, 0.5) is 0 Å². The van der Waals surface area contributed by atoms with E-state index < -0.39 is 5.97 Å². The maximum absolute atomic E-state index is 9.94. The van der Waals surface area contributed by atoms with Crippen molar-refractivity contribution in [2.24, 2.45) is 0 Å². The molecule has 0 bridgehead atoms. The maximum atomic E-state index is 9.94. The topological polar surface area (TPSA) is 46.5 Å². The van der Waals surface area contributed by atoms with Crippen LogP contribution in [0.3, 0.4) is 0 Å². The van der Waals surface area contributed by atoms with Crippen LogP contribution in [-0.4, -0.2) is 47.4 Å². The van der Waals surface area contributed by atoms with Gasteiger partial charge in [0.25, 0.3) is 0 Å². The minimum absolute atomic E-state index is 0. The quantitative estimate of drug-likeness (QED) is 0.214. The molecule has 0 rings (SSSR count). The Morgan fingerprint density at radius 1 is 1.67 bits per heavy atom. The summed E-state index contributed by atoms with van der Waals surface area (Å²) in [6, 6.07) is 0. The zero-order valence-corrected chi connectivity index (χ0v) is 3.97. The first-order valence-electron chi connectivity index (χ1n) is 1.69. The Balaban J connectivity index is -0.000000180. The molecule has 0 fully saturated rings. The number of rotatable bonds is 1. The second-order valence-electron chi connectivity index (χ2n) is 1.16. The fourth-order valence-corrected chi connectivity index (χ4v) is 0.0779.